The van der Waals surface area contributed by atoms with E-state index in [1.807, 2.05) is 20.8 Å². The standard InChI is InChI=1S/C15H22N2O5/c1-8-5-11(22-17-8)13(21-15(2,3)4)12(18)9-6-10(14(19)20)16-7-9/h5,9-10,13,16H,6-7H2,1-4H3,(H,19,20)/t9-,10+,13?/m1/s1. The first kappa shape index (κ1) is 16.6. The van der Waals surface area contributed by atoms with Crippen LogP contribution in [0.5, 0.6) is 0 Å². The largest absolute Gasteiger partial charge is 0.480 e. The first-order valence-electron chi connectivity index (χ1n) is 7.28. The molecule has 2 rings (SSSR count). The summed E-state index contributed by atoms with van der Waals surface area (Å²) in [5.41, 5.74) is 0.123. The summed E-state index contributed by atoms with van der Waals surface area (Å²) in [5.74, 6) is -1.18. The molecule has 1 aromatic rings. The van der Waals surface area contributed by atoms with Crippen LogP contribution >= 0.6 is 0 Å². The Hall–Kier alpha value is -1.73. The molecule has 1 unspecified atom stereocenters. The number of nitrogens with one attached hydrogen (secondary N) is 1. The number of Topliss-reactive ketones (excluding diaryl/α,β-unsaturated/α-hetero) is 1. The van der Waals surface area contributed by atoms with Crippen LogP contribution in [-0.4, -0.2) is 40.2 Å². The summed E-state index contributed by atoms with van der Waals surface area (Å²) in [6, 6.07) is 0.978. The number of nitrogens with zero attached hydrogens (tertiary/aromatic N) is 1. The molecule has 7 heteroatoms. The summed E-state index contributed by atoms with van der Waals surface area (Å²) in [7, 11) is 0. The van der Waals surface area contributed by atoms with Crippen LogP contribution in [0.15, 0.2) is 10.6 Å². The number of rotatable bonds is 5. The Labute approximate surface area is 129 Å². The number of carbonyl (C=O) groups excluding carboxylic acids is 1. The molecule has 2 heterocycles. The first-order valence-corrected chi connectivity index (χ1v) is 7.28. The Kier molecular flexibility index (Phi) is 4.67. The van der Waals surface area contributed by atoms with Gasteiger partial charge in [-0.1, -0.05) is 5.16 Å². The third kappa shape index (κ3) is 3.92. The van der Waals surface area contributed by atoms with Crippen LogP contribution in [-0.2, 0) is 14.3 Å². The maximum Gasteiger partial charge on any atom is 0.320 e. The van der Waals surface area contributed by atoms with E-state index in [-0.39, 0.29) is 12.2 Å². The Morgan fingerprint density at radius 3 is 2.64 bits per heavy atom. The van der Waals surface area contributed by atoms with Gasteiger partial charge in [-0.3, -0.25) is 9.59 Å². The highest BCUT2D eigenvalue weighted by molar-refractivity contribution is 5.88. The summed E-state index contributed by atoms with van der Waals surface area (Å²) in [5, 5.41) is 15.7. The number of carbonyl (C=O) groups is 2. The van der Waals surface area contributed by atoms with Crippen molar-refractivity contribution in [3.63, 3.8) is 0 Å². The molecule has 7 nitrogen and oxygen atoms in total. The molecule has 0 saturated carbocycles. The number of aromatic nitrogens is 1. The van der Waals surface area contributed by atoms with E-state index in [1.54, 1.807) is 13.0 Å². The molecule has 3 atom stereocenters. The topological polar surface area (TPSA) is 102 Å². The molecule has 0 aliphatic carbocycles. The molecule has 1 aliphatic heterocycles. The number of carboxylic acids is 1. The zero-order chi connectivity index (χ0) is 16.5. The molecular formula is C15H22N2O5. The van der Waals surface area contributed by atoms with Crippen molar-refractivity contribution in [3.8, 4) is 0 Å². The van der Waals surface area contributed by atoms with Crippen molar-refractivity contribution in [1.82, 2.24) is 10.5 Å². The predicted octanol–water partition coefficient (Wildman–Crippen LogP) is 1.47. The maximum atomic E-state index is 12.8. The lowest BCUT2D eigenvalue weighted by Gasteiger charge is -2.26. The van der Waals surface area contributed by atoms with Gasteiger partial charge < -0.3 is 19.7 Å². The van der Waals surface area contributed by atoms with Gasteiger partial charge in [-0.25, -0.2) is 0 Å². The Balaban J connectivity index is 2.18. The van der Waals surface area contributed by atoms with Gasteiger partial charge in [0, 0.05) is 18.5 Å². The van der Waals surface area contributed by atoms with Gasteiger partial charge in [0.25, 0.3) is 0 Å². The van der Waals surface area contributed by atoms with Crippen LogP contribution in [0.1, 0.15) is 44.8 Å². The van der Waals surface area contributed by atoms with Crippen molar-refractivity contribution in [2.24, 2.45) is 5.92 Å². The molecule has 0 radical (unpaired) electrons. The van der Waals surface area contributed by atoms with Crippen molar-refractivity contribution >= 4 is 11.8 Å². The summed E-state index contributed by atoms with van der Waals surface area (Å²) in [6.07, 6.45) is -0.619. The number of hydrogen-bond acceptors (Lipinski definition) is 6. The minimum Gasteiger partial charge on any atom is -0.480 e. The fourth-order valence-electron chi connectivity index (χ4n) is 2.47. The second kappa shape index (κ2) is 6.18. The average molecular weight is 310 g/mol. The van der Waals surface area contributed by atoms with E-state index in [0.717, 1.165) is 0 Å². The molecule has 0 bridgehead atoms. The molecule has 1 saturated heterocycles. The number of aryl methyl sites for hydroxylation is 1. The zero-order valence-electron chi connectivity index (χ0n) is 13.3. The summed E-state index contributed by atoms with van der Waals surface area (Å²) in [4.78, 5) is 23.8. The summed E-state index contributed by atoms with van der Waals surface area (Å²) in [6.45, 7) is 7.65. The quantitative estimate of drug-likeness (QED) is 0.849. The average Bonchev–Trinajstić information content (AvgIpc) is 3.02. The molecule has 0 aromatic carbocycles. The van der Waals surface area contributed by atoms with E-state index in [9.17, 15) is 9.59 Å². The zero-order valence-corrected chi connectivity index (χ0v) is 13.3. The Morgan fingerprint density at radius 2 is 2.18 bits per heavy atom. The predicted molar refractivity (Wildman–Crippen MR) is 77.4 cm³/mol. The molecular weight excluding hydrogens is 288 g/mol. The van der Waals surface area contributed by atoms with E-state index in [1.165, 1.54) is 0 Å². The molecule has 1 fully saturated rings. The number of carboxylic acid groups (broad SMARTS) is 1. The van der Waals surface area contributed by atoms with E-state index >= 15 is 0 Å². The van der Waals surface area contributed by atoms with Gasteiger partial charge in [-0.2, -0.15) is 0 Å². The monoisotopic (exact) mass is 310 g/mol. The number of ether oxygens (including phenoxy) is 1. The lowest BCUT2D eigenvalue weighted by atomic mass is 9.95. The second-order valence-corrected chi connectivity index (χ2v) is 6.61. The second-order valence-electron chi connectivity index (χ2n) is 6.61. The van der Waals surface area contributed by atoms with E-state index < -0.39 is 29.6 Å². The SMILES string of the molecule is Cc1cc(C(OC(C)(C)C)C(=O)[C@H]2CN[C@H](C(=O)O)C2)on1. The van der Waals surface area contributed by atoms with E-state index in [0.29, 0.717) is 18.0 Å². The smallest absolute Gasteiger partial charge is 0.320 e. The lowest BCUT2D eigenvalue weighted by Crippen LogP contribution is -2.31. The van der Waals surface area contributed by atoms with Gasteiger partial charge in [0.15, 0.2) is 17.6 Å². The van der Waals surface area contributed by atoms with Crippen molar-refractivity contribution in [2.45, 2.75) is 51.9 Å². The van der Waals surface area contributed by atoms with Crippen molar-refractivity contribution in [1.29, 1.82) is 0 Å². The Bertz CT molecular complexity index is 561. The van der Waals surface area contributed by atoms with Crippen LogP contribution in [0.3, 0.4) is 0 Å². The van der Waals surface area contributed by atoms with Crippen molar-refractivity contribution in [2.75, 3.05) is 6.54 Å². The lowest BCUT2D eigenvalue weighted by molar-refractivity contribution is -0.147. The molecule has 1 aliphatic rings. The number of ketones is 1. The highest BCUT2D eigenvalue weighted by atomic mass is 16.5. The highest BCUT2D eigenvalue weighted by Crippen LogP contribution is 2.30. The van der Waals surface area contributed by atoms with Crippen LogP contribution in [0.25, 0.3) is 0 Å². The summed E-state index contributed by atoms with van der Waals surface area (Å²) < 4.78 is 11.0. The van der Waals surface area contributed by atoms with Crippen LogP contribution in [0.4, 0.5) is 0 Å². The first-order chi connectivity index (χ1) is 10.2. The van der Waals surface area contributed by atoms with Crippen molar-refractivity contribution < 1.29 is 24.0 Å². The van der Waals surface area contributed by atoms with Gasteiger partial charge in [0.1, 0.15) is 6.04 Å². The molecule has 22 heavy (non-hydrogen) atoms. The fourth-order valence-corrected chi connectivity index (χ4v) is 2.47. The van der Waals surface area contributed by atoms with Gasteiger partial charge in [0.05, 0.1) is 11.3 Å². The Morgan fingerprint density at radius 1 is 1.50 bits per heavy atom. The van der Waals surface area contributed by atoms with Gasteiger partial charge in [0.2, 0.25) is 0 Å². The van der Waals surface area contributed by atoms with Gasteiger partial charge in [-0.15, -0.1) is 0 Å². The molecule has 122 valence electrons. The molecule has 1 aromatic heterocycles. The number of aliphatic carboxylic acids is 1. The molecule has 0 amide bonds. The highest BCUT2D eigenvalue weighted by Gasteiger charge is 2.40. The van der Waals surface area contributed by atoms with E-state index in [2.05, 4.69) is 10.5 Å². The van der Waals surface area contributed by atoms with Gasteiger partial charge in [-0.05, 0) is 34.1 Å². The van der Waals surface area contributed by atoms with Crippen LogP contribution in [0.2, 0.25) is 0 Å². The third-order valence-corrected chi connectivity index (χ3v) is 3.47. The maximum absolute atomic E-state index is 12.8. The third-order valence-electron chi connectivity index (χ3n) is 3.47. The van der Waals surface area contributed by atoms with Crippen LogP contribution < -0.4 is 5.32 Å². The fraction of sp³-hybridized carbons (Fsp3) is 0.667. The molecule has 2 N–H and O–H groups in total. The van der Waals surface area contributed by atoms with Crippen LogP contribution in [0, 0.1) is 12.8 Å². The minimum atomic E-state index is -0.945. The molecule has 0 spiro atoms. The van der Waals surface area contributed by atoms with E-state index in [4.69, 9.17) is 14.4 Å². The number of hydrogen-bond donors (Lipinski definition) is 2. The minimum absolute atomic E-state index is 0.178. The normalized spacial score (nSPS) is 23.5. The van der Waals surface area contributed by atoms with Crippen molar-refractivity contribution in [3.05, 3.63) is 17.5 Å². The summed E-state index contributed by atoms with van der Waals surface area (Å²) >= 11 is 0. The van der Waals surface area contributed by atoms with Gasteiger partial charge >= 0.3 is 5.97 Å².